The number of rotatable bonds is 7. The van der Waals surface area contributed by atoms with Crippen molar-refractivity contribution in [1.29, 1.82) is 0 Å². The van der Waals surface area contributed by atoms with Crippen molar-refractivity contribution in [3.8, 4) is 0 Å². The lowest BCUT2D eigenvalue weighted by Gasteiger charge is -2.42. The van der Waals surface area contributed by atoms with Gasteiger partial charge in [0.05, 0.1) is 12.2 Å². The quantitative estimate of drug-likeness (QED) is 0.643. The summed E-state index contributed by atoms with van der Waals surface area (Å²) >= 11 is 0. The van der Waals surface area contributed by atoms with E-state index in [-0.39, 0.29) is 18.5 Å². The molecule has 2 aliphatic rings. The van der Waals surface area contributed by atoms with Crippen LogP contribution in [0.25, 0.3) is 0 Å². The molecule has 1 aromatic carbocycles. The van der Waals surface area contributed by atoms with E-state index in [2.05, 4.69) is 35.9 Å². The molecule has 2 aliphatic heterocycles. The molecule has 0 aliphatic carbocycles. The second-order valence-electron chi connectivity index (χ2n) is 9.11. The Balaban J connectivity index is 1.56. The van der Waals surface area contributed by atoms with Crippen molar-refractivity contribution in [3.05, 3.63) is 66.0 Å². The Morgan fingerprint density at radius 1 is 1.00 bits per heavy atom. The molecule has 0 saturated carbocycles. The fourth-order valence-electron chi connectivity index (χ4n) is 4.88. The van der Waals surface area contributed by atoms with Crippen LogP contribution in [0.5, 0.6) is 0 Å². The fraction of sp³-hybridized carbons (Fsp3) is 0.480. The Labute approximate surface area is 184 Å². The van der Waals surface area contributed by atoms with Gasteiger partial charge in [-0.2, -0.15) is 0 Å². The van der Waals surface area contributed by atoms with Gasteiger partial charge in [-0.3, -0.25) is 14.7 Å². The molecule has 2 fully saturated rings. The zero-order valence-corrected chi connectivity index (χ0v) is 18.5. The van der Waals surface area contributed by atoms with E-state index in [0.717, 1.165) is 31.7 Å². The van der Waals surface area contributed by atoms with E-state index in [1.165, 1.54) is 10.5 Å². The van der Waals surface area contributed by atoms with Gasteiger partial charge in [0, 0.05) is 32.4 Å². The Hall–Kier alpha value is -2.73. The molecule has 6 nitrogen and oxygen atoms in total. The van der Waals surface area contributed by atoms with Gasteiger partial charge in [0.25, 0.3) is 5.91 Å². The van der Waals surface area contributed by atoms with Crippen LogP contribution in [0.3, 0.4) is 0 Å². The number of aromatic nitrogens is 1. The number of benzene rings is 1. The van der Waals surface area contributed by atoms with Crippen molar-refractivity contribution in [2.45, 2.75) is 45.2 Å². The maximum Gasteiger partial charge on any atom is 0.328 e. The monoisotopic (exact) mass is 420 g/mol. The molecule has 0 bridgehead atoms. The highest BCUT2D eigenvalue weighted by atomic mass is 16.2. The van der Waals surface area contributed by atoms with Crippen molar-refractivity contribution in [3.63, 3.8) is 0 Å². The molecule has 31 heavy (non-hydrogen) atoms. The summed E-state index contributed by atoms with van der Waals surface area (Å²) in [5, 5.41) is 0. The summed E-state index contributed by atoms with van der Waals surface area (Å²) in [6, 6.07) is 15.6. The zero-order chi connectivity index (χ0) is 21.8. The van der Waals surface area contributed by atoms with Crippen LogP contribution in [0.2, 0.25) is 0 Å². The molecule has 0 unspecified atom stereocenters. The SMILES string of the molecule is CC(C)CN1CCC2(CC1)C(=O)N(Cc1ccccn1)C(=O)N2CCc1ccccc1. The number of hydrogen-bond donors (Lipinski definition) is 0. The first kappa shape index (κ1) is 21.5. The molecule has 164 valence electrons. The number of amides is 3. The highest BCUT2D eigenvalue weighted by Crippen LogP contribution is 2.38. The van der Waals surface area contributed by atoms with Crippen molar-refractivity contribution in [1.82, 2.24) is 19.7 Å². The number of likely N-dealkylation sites (tertiary alicyclic amines) is 1. The average molecular weight is 421 g/mol. The van der Waals surface area contributed by atoms with Crippen molar-refractivity contribution in [2.24, 2.45) is 5.92 Å². The summed E-state index contributed by atoms with van der Waals surface area (Å²) in [7, 11) is 0. The van der Waals surface area contributed by atoms with Gasteiger partial charge in [0.15, 0.2) is 0 Å². The van der Waals surface area contributed by atoms with Crippen molar-refractivity contribution in [2.75, 3.05) is 26.2 Å². The first-order valence-corrected chi connectivity index (χ1v) is 11.3. The minimum absolute atomic E-state index is 0.0552. The minimum atomic E-state index is -0.728. The third-order valence-electron chi connectivity index (χ3n) is 6.44. The molecule has 1 aromatic heterocycles. The summed E-state index contributed by atoms with van der Waals surface area (Å²) in [5.74, 6) is 0.533. The van der Waals surface area contributed by atoms with E-state index >= 15 is 0 Å². The Bertz CT molecular complexity index is 892. The molecular formula is C25H32N4O2. The lowest BCUT2D eigenvalue weighted by atomic mass is 9.85. The Morgan fingerprint density at radius 3 is 2.35 bits per heavy atom. The normalized spacial score (nSPS) is 19.1. The third-order valence-corrected chi connectivity index (χ3v) is 6.44. The van der Waals surface area contributed by atoms with Crippen LogP contribution in [0, 0.1) is 5.92 Å². The molecule has 3 amide bonds. The van der Waals surface area contributed by atoms with Crippen LogP contribution >= 0.6 is 0 Å². The second kappa shape index (κ2) is 9.18. The topological polar surface area (TPSA) is 56.8 Å². The number of pyridine rings is 1. The summed E-state index contributed by atoms with van der Waals surface area (Å²) in [4.78, 5) is 37.2. The van der Waals surface area contributed by atoms with Gasteiger partial charge in [-0.15, -0.1) is 0 Å². The van der Waals surface area contributed by atoms with E-state index in [4.69, 9.17) is 0 Å². The number of piperidine rings is 1. The number of hydrogen-bond acceptors (Lipinski definition) is 4. The molecule has 4 rings (SSSR count). The van der Waals surface area contributed by atoms with Crippen LogP contribution in [-0.4, -0.2) is 63.3 Å². The predicted molar refractivity (Wildman–Crippen MR) is 120 cm³/mol. The zero-order valence-electron chi connectivity index (χ0n) is 18.5. The van der Waals surface area contributed by atoms with Crippen LogP contribution in [-0.2, 0) is 17.8 Å². The maximum atomic E-state index is 13.7. The van der Waals surface area contributed by atoms with Gasteiger partial charge in [0.1, 0.15) is 5.54 Å². The smallest absolute Gasteiger partial charge is 0.309 e. The lowest BCUT2D eigenvalue weighted by Crippen LogP contribution is -2.57. The van der Waals surface area contributed by atoms with E-state index in [0.29, 0.717) is 25.3 Å². The van der Waals surface area contributed by atoms with E-state index in [1.807, 2.05) is 41.3 Å². The number of nitrogens with zero attached hydrogens (tertiary/aromatic N) is 4. The Morgan fingerprint density at radius 2 is 1.71 bits per heavy atom. The highest BCUT2D eigenvalue weighted by Gasteiger charge is 2.57. The molecule has 2 saturated heterocycles. The van der Waals surface area contributed by atoms with Crippen LogP contribution in [0.4, 0.5) is 4.79 Å². The maximum absolute atomic E-state index is 13.7. The average Bonchev–Trinajstić information content (AvgIpc) is 2.96. The minimum Gasteiger partial charge on any atom is -0.309 e. The van der Waals surface area contributed by atoms with E-state index < -0.39 is 5.54 Å². The molecule has 6 heteroatoms. The summed E-state index contributed by atoms with van der Waals surface area (Å²) in [6.07, 6.45) is 3.83. The standard InChI is InChI=1S/C25H32N4O2/c1-20(2)18-27-16-12-25(13-17-27)23(30)28(19-22-10-6-7-14-26-22)24(31)29(25)15-11-21-8-4-3-5-9-21/h3-10,14,20H,11-13,15-19H2,1-2H3. The molecule has 1 spiro atoms. The molecule has 0 radical (unpaired) electrons. The summed E-state index contributed by atoms with van der Waals surface area (Å²) in [5.41, 5.74) is 1.19. The highest BCUT2D eigenvalue weighted by molar-refractivity contribution is 6.07. The molecular weight excluding hydrogens is 388 g/mol. The number of carbonyl (C=O) groups is 2. The van der Waals surface area contributed by atoms with E-state index in [1.54, 1.807) is 6.20 Å². The Kier molecular flexibility index (Phi) is 6.37. The van der Waals surface area contributed by atoms with Gasteiger partial charge in [0.2, 0.25) is 0 Å². The number of urea groups is 1. The largest absolute Gasteiger partial charge is 0.328 e. The summed E-state index contributed by atoms with van der Waals surface area (Å²) in [6.45, 7) is 7.94. The lowest BCUT2D eigenvalue weighted by molar-refractivity contribution is -0.136. The molecule has 2 aromatic rings. The number of carbonyl (C=O) groups excluding carboxylic acids is 2. The van der Waals surface area contributed by atoms with Crippen LogP contribution in [0.1, 0.15) is 37.9 Å². The van der Waals surface area contributed by atoms with Gasteiger partial charge >= 0.3 is 6.03 Å². The van der Waals surface area contributed by atoms with Crippen LogP contribution in [0.15, 0.2) is 54.7 Å². The first-order valence-electron chi connectivity index (χ1n) is 11.3. The molecule has 0 N–H and O–H groups in total. The summed E-state index contributed by atoms with van der Waals surface area (Å²) < 4.78 is 0. The molecule has 3 heterocycles. The van der Waals surface area contributed by atoms with Gasteiger partial charge < -0.3 is 9.80 Å². The third kappa shape index (κ3) is 4.49. The fourth-order valence-corrected chi connectivity index (χ4v) is 4.88. The second-order valence-corrected chi connectivity index (χ2v) is 9.11. The van der Waals surface area contributed by atoms with E-state index in [9.17, 15) is 9.59 Å². The van der Waals surface area contributed by atoms with Crippen molar-refractivity contribution < 1.29 is 9.59 Å². The first-order chi connectivity index (χ1) is 15.0. The number of imide groups is 1. The van der Waals surface area contributed by atoms with Crippen molar-refractivity contribution >= 4 is 11.9 Å². The van der Waals surface area contributed by atoms with Crippen LogP contribution < -0.4 is 0 Å². The van der Waals surface area contributed by atoms with Gasteiger partial charge in [-0.1, -0.05) is 50.2 Å². The van der Waals surface area contributed by atoms with Gasteiger partial charge in [-0.05, 0) is 42.9 Å². The predicted octanol–water partition coefficient (Wildman–Crippen LogP) is 3.58. The molecule has 0 atom stereocenters. The van der Waals surface area contributed by atoms with Gasteiger partial charge in [-0.25, -0.2) is 4.79 Å².